The van der Waals surface area contributed by atoms with Gasteiger partial charge in [-0.1, -0.05) is 18.2 Å². The van der Waals surface area contributed by atoms with Gasteiger partial charge in [-0.2, -0.15) is 8.78 Å². The summed E-state index contributed by atoms with van der Waals surface area (Å²) in [5.74, 6) is 0. The zero-order chi connectivity index (χ0) is 11.9. The fourth-order valence-electron chi connectivity index (χ4n) is 0.690. The second-order valence-electron chi connectivity index (χ2n) is 2.28. The van der Waals surface area contributed by atoms with E-state index in [0.29, 0.717) is 0 Å². The Balaban J connectivity index is 0.000000921. The lowest BCUT2D eigenvalue weighted by atomic mass is 10.4. The van der Waals surface area contributed by atoms with Crippen LogP contribution in [-0.2, 0) is 0 Å². The van der Waals surface area contributed by atoms with Crippen molar-refractivity contribution in [2.75, 3.05) is 7.11 Å². The second-order valence-corrected chi connectivity index (χ2v) is 3.50. The second kappa shape index (κ2) is 6.68. The number of thioether (sulfide) groups is 1. The third-order valence-corrected chi connectivity index (χ3v) is 2.21. The van der Waals surface area contributed by atoms with E-state index in [4.69, 9.17) is 5.11 Å². The molecule has 0 aliphatic carbocycles. The van der Waals surface area contributed by atoms with E-state index in [-0.39, 0.29) is 16.7 Å². The maximum atomic E-state index is 12.4. The van der Waals surface area contributed by atoms with Crippen LogP contribution >= 0.6 is 11.8 Å². The van der Waals surface area contributed by atoms with Crippen molar-refractivity contribution in [2.45, 2.75) is 16.6 Å². The minimum Gasteiger partial charge on any atom is -0.400 e. The first kappa shape index (κ1) is 14.2. The third kappa shape index (κ3) is 5.03. The number of hydrogen-bond acceptors (Lipinski definition) is 2. The highest BCUT2D eigenvalue weighted by Gasteiger charge is 2.41. The Morgan fingerprint density at radius 2 is 1.60 bits per heavy atom. The Labute approximate surface area is 89.1 Å². The minimum atomic E-state index is -4.01. The van der Waals surface area contributed by atoms with E-state index in [2.05, 4.69) is 0 Å². The van der Waals surface area contributed by atoms with Gasteiger partial charge in [-0.3, -0.25) is 0 Å². The SMILES string of the molecule is CO.FC(F)C(F)(F)Sc1ccccc1. The van der Waals surface area contributed by atoms with Gasteiger partial charge in [-0.25, -0.2) is 8.78 Å². The van der Waals surface area contributed by atoms with E-state index in [1.807, 2.05) is 0 Å². The molecule has 6 heteroatoms. The normalized spacial score (nSPS) is 10.9. The lowest BCUT2D eigenvalue weighted by molar-refractivity contribution is -0.0563. The van der Waals surface area contributed by atoms with Gasteiger partial charge >= 0.3 is 11.7 Å². The maximum absolute atomic E-state index is 12.4. The van der Waals surface area contributed by atoms with Gasteiger partial charge in [0, 0.05) is 12.0 Å². The average Bonchev–Trinajstić information content (AvgIpc) is 2.21. The summed E-state index contributed by atoms with van der Waals surface area (Å²) in [5.41, 5.74) is 0. The molecule has 15 heavy (non-hydrogen) atoms. The zero-order valence-electron chi connectivity index (χ0n) is 7.83. The fraction of sp³-hybridized carbons (Fsp3) is 0.333. The Kier molecular flexibility index (Phi) is 6.35. The molecule has 0 spiro atoms. The van der Waals surface area contributed by atoms with Crippen LogP contribution in [0.1, 0.15) is 0 Å². The smallest absolute Gasteiger partial charge is 0.357 e. The number of rotatable bonds is 3. The monoisotopic (exact) mass is 242 g/mol. The predicted octanol–water partition coefficient (Wildman–Crippen LogP) is 3.25. The number of hydrogen-bond donors (Lipinski definition) is 1. The molecule has 0 bridgehead atoms. The van der Waals surface area contributed by atoms with Gasteiger partial charge in [-0.05, 0) is 23.9 Å². The van der Waals surface area contributed by atoms with E-state index >= 15 is 0 Å². The molecule has 0 aliphatic heterocycles. The maximum Gasteiger partial charge on any atom is 0.357 e. The predicted molar refractivity (Wildman–Crippen MR) is 51.4 cm³/mol. The number of halogens is 4. The highest BCUT2D eigenvalue weighted by molar-refractivity contribution is 8.00. The van der Waals surface area contributed by atoms with Gasteiger partial charge in [0.05, 0.1) is 0 Å². The topological polar surface area (TPSA) is 20.2 Å². The van der Waals surface area contributed by atoms with Crippen LogP contribution in [0.5, 0.6) is 0 Å². The van der Waals surface area contributed by atoms with Crippen LogP contribution in [0, 0.1) is 0 Å². The standard InChI is InChI=1S/C8H6F4S.CH4O/c9-7(10)8(11,12)13-6-4-2-1-3-5-6;1-2/h1-5,7H;2H,1H3. The molecule has 1 rings (SSSR count). The number of alkyl halides is 4. The van der Waals surface area contributed by atoms with E-state index in [1.54, 1.807) is 6.07 Å². The summed E-state index contributed by atoms with van der Waals surface area (Å²) in [7, 11) is 1.00. The highest BCUT2D eigenvalue weighted by Crippen LogP contribution is 2.39. The van der Waals surface area contributed by atoms with E-state index in [1.165, 1.54) is 24.3 Å². The van der Waals surface area contributed by atoms with Crippen molar-refractivity contribution in [3.63, 3.8) is 0 Å². The third-order valence-electron chi connectivity index (χ3n) is 1.25. The van der Waals surface area contributed by atoms with Crippen LogP contribution in [0.4, 0.5) is 17.6 Å². The van der Waals surface area contributed by atoms with Crippen molar-refractivity contribution < 1.29 is 22.7 Å². The minimum absolute atomic E-state index is 0.129. The summed E-state index contributed by atoms with van der Waals surface area (Å²) >= 11 is -0.129. The van der Waals surface area contributed by atoms with E-state index in [0.717, 1.165) is 7.11 Å². The molecule has 0 atom stereocenters. The first-order valence-electron chi connectivity index (χ1n) is 3.87. The molecule has 0 saturated carbocycles. The van der Waals surface area contributed by atoms with E-state index < -0.39 is 11.7 Å². The van der Waals surface area contributed by atoms with Crippen LogP contribution in [0.3, 0.4) is 0 Å². The van der Waals surface area contributed by atoms with Crippen LogP contribution in [0.2, 0.25) is 0 Å². The summed E-state index contributed by atoms with van der Waals surface area (Å²) in [5, 5.41) is 2.99. The van der Waals surface area contributed by atoms with Crippen LogP contribution in [-0.4, -0.2) is 23.9 Å². The quantitative estimate of drug-likeness (QED) is 0.648. The fourth-order valence-corrected chi connectivity index (χ4v) is 1.39. The first-order chi connectivity index (χ1) is 7.02. The Hall–Kier alpha value is -0.750. The van der Waals surface area contributed by atoms with Crippen molar-refractivity contribution in [3.05, 3.63) is 30.3 Å². The van der Waals surface area contributed by atoms with Gasteiger partial charge in [0.15, 0.2) is 0 Å². The Morgan fingerprint density at radius 1 is 1.13 bits per heavy atom. The molecule has 0 radical (unpaired) electrons. The van der Waals surface area contributed by atoms with Gasteiger partial charge in [-0.15, -0.1) is 0 Å². The molecule has 0 saturated heterocycles. The van der Waals surface area contributed by atoms with Crippen molar-refractivity contribution >= 4 is 11.8 Å². The average molecular weight is 242 g/mol. The molecule has 0 fully saturated rings. The molecule has 86 valence electrons. The van der Waals surface area contributed by atoms with Crippen molar-refractivity contribution in [1.29, 1.82) is 0 Å². The lowest BCUT2D eigenvalue weighted by Crippen LogP contribution is -2.21. The largest absolute Gasteiger partial charge is 0.400 e. The van der Waals surface area contributed by atoms with Crippen LogP contribution in [0.15, 0.2) is 35.2 Å². The molecule has 0 amide bonds. The number of aliphatic hydroxyl groups is 1. The summed E-state index contributed by atoms with van der Waals surface area (Å²) in [6.07, 6.45) is -3.64. The van der Waals surface area contributed by atoms with Crippen LogP contribution < -0.4 is 0 Å². The van der Waals surface area contributed by atoms with Gasteiger partial charge in [0.25, 0.3) is 0 Å². The summed E-state index contributed by atoms with van der Waals surface area (Å²) < 4.78 is 48.3. The summed E-state index contributed by atoms with van der Waals surface area (Å²) in [6, 6.07) is 7.39. The van der Waals surface area contributed by atoms with E-state index in [9.17, 15) is 17.6 Å². The molecule has 1 aromatic rings. The molecule has 0 heterocycles. The number of benzene rings is 1. The van der Waals surface area contributed by atoms with Crippen molar-refractivity contribution in [1.82, 2.24) is 0 Å². The molecule has 1 nitrogen and oxygen atoms in total. The molecule has 1 aromatic carbocycles. The Bertz CT molecular complexity index is 266. The molecular formula is C9H10F4OS. The molecule has 1 N–H and O–H groups in total. The highest BCUT2D eigenvalue weighted by atomic mass is 32.2. The molecule has 0 aromatic heterocycles. The molecular weight excluding hydrogens is 232 g/mol. The molecule has 0 unspecified atom stereocenters. The molecule has 0 aliphatic rings. The first-order valence-corrected chi connectivity index (χ1v) is 4.69. The van der Waals surface area contributed by atoms with Crippen LogP contribution in [0.25, 0.3) is 0 Å². The van der Waals surface area contributed by atoms with Gasteiger partial charge in [0.1, 0.15) is 0 Å². The van der Waals surface area contributed by atoms with Gasteiger partial charge in [0.2, 0.25) is 0 Å². The summed E-state index contributed by atoms with van der Waals surface area (Å²) in [4.78, 5) is 0.132. The van der Waals surface area contributed by atoms with Crippen molar-refractivity contribution in [2.24, 2.45) is 0 Å². The van der Waals surface area contributed by atoms with Crippen molar-refractivity contribution in [3.8, 4) is 0 Å². The zero-order valence-corrected chi connectivity index (χ0v) is 8.65. The van der Waals surface area contributed by atoms with Gasteiger partial charge < -0.3 is 5.11 Å². The summed E-state index contributed by atoms with van der Waals surface area (Å²) in [6.45, 7) is 0. The number of aliphatic hydroxyl groups excluding tert-OH is 1. The lowest BCUT2D eigenvalue weighted by Gasteiger charge is -2.13. The Morgan fingerprint density at radius 3 is 2.00 bits per heavy atom.